The summed E-state index contributed by atoms with van der Waals surface area (Å²) < 4.78 is 21.4. The molecule has 0 aliphatic rings. The number of carbonyl (C=O) groups is 3. The fourth-order valence-electron chi connectivity index (χ4n) is 3.53. The van der Waals surface area contributed by atoms with Crippen LogP contribution in [0.4, 0.5) is 0 Å². The number of hydrogen-bond acceptors (Lipinski definition) is 8. The highest BCUT2D eigenvalue weighted by molar-refractivity contribution is 5.92. The Bertz CT molecular complexity index is 1210. The Morgan fingerprint density at radius 1 is 0.615 bits per heavy atom. The predicted octanol–water partition coefficient (Wildman–Crippen LogP) is 6.28. The van der Waals surface area contributed by atoms with Crippen molar-refractivity contribution in [2.45, 2.75) is 38.5 Å². The summed E-state index contributed by atoms with van der Waals surface area (Å²) in [6.45, 7) is 4.38. The lowest BCUT2D eigenvalue weighted by molar-refractivity contribution is -0.137. The minimum absolute atomic E-state index is 0.0569. The molecule has 0 aliphatic carbocycles. The third-order valence-electron chi connectivity index (χ3n) is 5.66. The topological polar surface area (TPSA) is 108 Å². The van der Waals surface area contributed by atoms with Gasteiger partial charge in [-0.05, 0) is 85.6 Å². The van der Waals surface area contributed by atoms with Crippen molar-refractivity contribution in [1.29, 1.82) is 0 Å². The second kappa shape index (κ2) is 15.6. The number of unbranched alkanes of at least 4 members (excludes halogenated alkanes) is 5. The summed E-state index contributed by atoms with van der Waals surface area (Å²) in [5.41, 5.74) is 0.678. The van der Waals surface area contributed by atoms with Crippen LogP contribution >= 0.6 is 0 Å². The molecule has 0 heterocycles. The first kappa shape index (κ1) is 29.0. The van der Waals surface area contributed by atoms with Crippen LogP contribution in [0.1, 0.15) is 59.2 Å². The first-order valence-corrected chi connectivity index (χ1v) is 12.8. The molecule has 0 fully saturated rings. The van der Waals surface area contributed by atoms with Crippen LogP contribution in [0.3, 0.4) is 0 Å². The smallest absolute Gasteiger partial charge is 0.343 e. The standard InChI is InChI=1S/C31H32O8/c1-2-29(33)37-22-8-6-4-3-5-7-21-36-26-15-11-24(12-16-26)31(35)39-28-19-17-27(18-20-28)38-30(34)23-9-13-25(32)14-10-23/h2,9-20,32H,1,3-8,21-22H2. The normalized spacial score (nSPS) is 10.4. The van der Waals surface area contributed by atoms with E-state index in [1.54, 1.807) is 24.3 Å². The Labute approximate surface area is 227 Å². The maximum Gasteiger partial charge on any atom is 0.343 e. The van der Waals surface area contributed by atoms with Crippen molar-refractivity contribution in [1.82, 2.24) is 0 Å². The highest BCUT2D eigenvalue weighted by Gasteiger charge is 2.11. The van der Waals surface area contributed by atoms with E-state index in [4.69, 9.17) is 18.9 Å². The molecule has 0 amide bonds. The van der Waals surface area contributed by atoms with Gasteiger partial charge in [-0.15, -0.1) is 0 Å². The molecule has 8 heteroatoms. The van der Waals surface area contributed by atoms with Gasteiger partial charge in [0.05, 0.1) is 24.3 Å². The monoisotopic (exact) mass is 532 g/mol. The second-order valence-corrected chi connectivity index (χ2v) is 8.66. The van der Waals surface area contributed by atoms with Gasteiger partial charge in [0.1, 0.15) is 23.0 Å². The third-order valence-corrected chi connectivity index (χ3v) is 5.66. The van der Waals surface area contributed by atoms with Gasteiger partial charge in [-0.25, -0.2) is 14.4 Å². The molecule has 0 aliphatic heterocycles. The lowest BCUT2D eigenvalue weighted by Crippen LogP contribution is -2.09. The zero-order chi connectivity index (χ0) is 27.9. The van der Waals surface area contributed by atoms with Crippen molar-refractivity contribution in [3.05, 3.63) is 96.6 Å². The highest BCUT2D eigenvalue weighted by atomic mass is 16.5. The Morgan fingerprint density at radius 2 is 1.05 bits per heavy atom. The van der Waals surface area contributed by atoms with Gasteiger partial charge in [0.2, 0.25) is 0 Å². The minimum Gasteiger partial charge on any atom is -0.508 e. The van der Waals surface area contributed by atoms with Gasteiger partial charge in [-0.3, -0.25) is 0 Å². The van der Waals surface area contributed by atoms with E-state index in [1.165, 1.54) is 54.6 Å². The molecule has 0 saturated heterocycles. The molecule has 39 heavy (non-hydrogen) atoms. The lowest BCUT2D eigenvalue weighted by atomic mass is 10.1. The van der Waals surface area contributed by atoms with Crippen LogP contribution in [-0.2, 0) is 9.53 Å². The van der Waals surface area contributed by atoms with Gasteiger partial charge < -0.3 is 24.1 Å². The number of carbonyl (C=O) groups excluding carboxylic acids is 3. The molecule has 0 aromatic heterocycles. The molecule has 3 rings (SSSR count). The van der Waals surface area contributed by atoms with Crippen LogP contribution in [-0.4, -0.2) is 36.2 Å². The molecule has 8 nitrogen and oxygen atoms in total. The van der Waals surface area contributed by atoms with Gasteiger partial charge in [-0.2, -0.15) is 0 Å². The second-order valence-electron chi connectivity index (χ2n) is 8.66. The van der Waals surface area contributed by atoms with Crippen LogP contribution in [0, 0.1) is 0 Å². The van der Waals surface area contributed by atoms with E-state index in [9.17, 15) is 19.5 Å². The summed E-state index contributed by atoms with van der Waals surface area (Å²) in [7, 11) is 0. The fourth-order valence-corrected chi connectivity index (χ4v) is 3.53. The van der Waals surface area contributed by atoms with Crippen LogP contribution < -0.4 is 14.2 Å². The number of hydrogen-bond donors (Lipinski definition) is 1. The van der Waals surface area contributed by atoms with Gasteiger partial charge in [0.15, 0.2) is 0 Å². The number of rotatable bonds is 15. The van der Waals surface area contributed by atoms with E-state index in [2.05, 4.69) is 6.58 Å². The van der Waals surface area contributed by atoms with E-state index < -0.39 is 11.9 Å². The Morgan fingerprint density at radius 3 is 1.56 bits per heavy atom. The number of ether oxygens (including phenoxy) is 4. The fraction of sp³-hybridized carbons (Fsp3) is 0.258. The van der Waals surface area contributed by atoms with Crippen LogP contribution in [0.5, 0.6) is 23.0 Å². The van der Waals surface area contributed by atoms with Crippen molar-refractivity contribution in [3.63, 3.8) is 0 Å². The van der Waals surface area contributed by atoms with E-state index in [-0.39, 0.29) is 11.7 Å². The first-order valence-electron chi connectivity index (χ1n) is 12.8. The van der Waals surface area contributed by atoms with E-state index >= 15 is 0 Å². The highest BCUT2D eigenvalue weighted by Crippen LogP contribution is 2.21. The molecule has 3 aromatic carbocycles. The van der Waals surface area contributed by atoms with E-state index in [0.29, 0.717) is 41.6 Å². The molecule has 0 bridgehead atoms. The Hall–Kier alpha value is -4.59. The number of benzene rings is 3. The average Bonchev–Trinajstić information content (AvgIpc) is 2.95. The molecule has 0 saturated carbocycles. The zero-order valence-electron chi connectivity index (χ0n) is 21.7. The summed E-state index contributed by atoms with van der Waals surface area (Å²) in [5.74, 6) is -0.130. The van der Waals surface area contributed by atoms with Gasteiger partial charge >= 0.3 is 17.9 Å². The van der Waals surface area contributed by atoms with Crippen molar-refractivity contribution < 1.29 is 38.4 Å². The molecule has 0 radical (unpaired) electrons. The quantitative estimate of drug-likeness (QED) is 0.105. The minimum atomic E-state index is -0.567. The Balaban J connectivity index is 1.32. The van der Waals surface area contributed by atoms with Crippen LogP contribution in [0.2, 0.25) is 0 Å². The molecule has 3 aromatic rings. The van der Waals surface area contributed by atoms with Crippen molar-refractivity contribution >= 4 is 17.9 Å². The summed E-state index contributed by atoms with van der Waals surface area (Å²) in [5, 5.41) is 9.32. The average molecular weight is 533 g/mol. The summed E-state index contributed by atoms with van der Waals surface area (Å²) in [4.78, 5) is 35.6. The SMILES string of the molecule is C=CC(=O)OCCCCCCCCOc1ccc(C(=O)Oc2ccc(OC(=O)c3ccc(O)cc3)cc2)cc1. The number of esters is 3. The Kier molecular flexibility index (Phi) is 11.6. The molecule has 0 atom stereocenters. The maximum atomic E-state index is 12.5. The van der Waals surface area contributed by atoms with Gasteiger partial charge in [0.25, 0.3) is 0 Å². The molecular weight excluding hydrogens is 500 g/mol. The van der Waals surface area contributed by atoms with Crippen molar-refractivity contribution in [2.24, 2.45) is 0 Å². The van der Waals surface area contributed by atoms with Crippen molar-refractivity contribution in [2.75, 3.05) is 13.2 Å². The largest absolute Gasteiger partial charge is 0.508 e. The number of aromatic hydroxyl groups is 1. The maximum absolute atomic E-state index is 12.5. The van der Waals surface area contributed by atoms with Crippen molar-refractivity contribution in [3.8, 4) is 23.0 Å². The van der Waals surface area contributed by atoms with Crippen LogP contribution in [0.25, 0.3) is 0 Å². The zero-order valence-corrected chi connectivity index (χ0v) is 21.7. The number of phenols is 1. The van der Waals surface area contributed by atoms with Gasteiger partial charge in [0, 0.05) is 6.08 Å². The summed E-state index contributed by atoms with van der Waals surface area (Å²) in [6, 6.07) is 18.6. The van der Waals surface area contributed by atoms with Gasteiger partial charge in [-0.1, -0.05) is 32.3 Å². The van der Waals surface area contributed by atoms with E-state index in [0.717, 1.165) is 38.5 Å². The lowest BCUT2D eigenvalue weighted by Gasteiger charge is -2.08. The van der Waals surface area contributed by atoms with Crippen LogP contribution in [0.15, 0.2) is 85.5 Å². The first-order chi connectivity index (χ1) is 18.9. The third kappa shape index (κ3) is 10.4. The number of phenolic OH excluding ortho intramolecular Hbond substituents is 1. The summed E-state index contributed by atoms with van der Waals surface area (Å²) >= 11 is 0. The molecule has 204 valence electrons. The molecule has 0 unspecified atom stereocenters. The molecular formula is C31H32O8. The molecule has 0 spiro atoms. The van der Waals surface area contributed by atoms with E-state index in [1.807, 2.05) is 0 Å². The predicted molar refractivity (Wildman–Crippen MR) is 145 cm³/mol. The molecule has 1 N–H and O–H groups in total. The summed E-state index contributed by atoms with van der Waals surface area (Å²) in [6.07, 6.45) is 7.18.